The van der Waals surface area contributed by atoms with E-state index >= 15 is 0 Å². The standard InChI is InChI=1S/C14H14N2O6S/c1-16-10(7-9(17)12(18)11(16)13(19)20)14(15,23(21)22)8-5-3-2-4-6-8/h2-7,18H,15H2,1H3,(H,19,20)(H,21,22)/p-1. The van der Waals surface area contributed by atoms with E-state index in [0.717, 1.165) is 10.6 Å². The largest absolute Gasteiger partial charge is 0.770 e. The molecule has 1 heterocycles. The van der Waals surface area contributed by atoms with Crippen LogP contribution in [-0.4, -0.2) is 29.5 Å². The number of aromatic hydroxyl groups is 1. The van der Waals surface area contributed by atoms with E-state index < -0.39 is 38.8 Å². The first-order valence-electron chi connectivity index (χ1n) is 6.31. The Morgan fingerprint density at radius 2 is 1.91 bits per heavy atom. The Balaban J connectivity index is 2.90. The molecule has 4 N–H and O–H groups in total. The normalized spacial score (nSPS) is 14.9. The number of rotatable bonds is 4. The number of aromatic carboxylic acids is 1. The Labute approximate surface area is 133 Å². The maximum atomic E-state index is 11.8. The van der Waals surface area contributed by atoms with Crippen LogP contribution >= 0.6 is 0 Å². The number of carboxylic acids is 1. The van der Waals surface area contributed by atoms with Crippen molar-refractivity contribution >= 4 is 17.0 Å². The number of carboxylic acid groups (broad SMARTS) is 1. The third-order valence-electron chi connectivity index (χ3n) is 3.47. The average Bonchev–Trinajstić information content (AvgIpc) is 2.50. The van der Waals surface area contributed by atoms with Crippen molar-refractivity contribution in [1.82, 2.24) is 4.57 Å². The van der Waals surface area contributed by atoms with E-state index in [1.165, 1.54) is 19.2 Å². The molecule has 2 rings (SSSR count). The predicted octanol–water partition coefficient (Wildman–Crippen LogP) is -0.172. The molecule has 2 atom stereocenters. The SMILES string of the molecule is Cn1c(C(N)(c2ccccc2)S(=O)[O-])cc(=O)c(O)c1C(=O)O. The quantitative estimate of drug-likeness (QED) is 0.656. The molecule has 8 nitrogen and oxygen atoms in total. The van der Waals surface area contributed by atoms with Crippen LogP contribution in [0.5, 0.6) is 5.75 Å². The summed E-state index contributed by atoms with van der Waals surface area (Å²) in [6.45, 7) is 0. The molecule has 0 saturated carbocycles. The van der Waals surface area contributed by atoms with Crippen LogP contribution in [0.3, 0.4) is 0 Å². The van der Waals surface area contributed by atoms with E-state index in [0.29, 0.717) is 0 Å². The third kappa shape index (κ3) is 2.65. The van der Waals surface area contributed by atoms with Gasteiger partial charge in [0.25, 0.3) is 0 Å². The zero-order valence-electron chi connectivity index (χ0n) is 11.9. The van der Waals surface area contributed by atoms with Crippen molar-refractivity contribution in [2.45, 2.75) is 4.87 Å². The van der Waals surface area contributed by atoms with E-state index in [4.69, 9.17) is 10.8 Å². The summed E-state index contributed by atoms with van der Waals surface area (Å²) in [6, 6.07) is 8.45. The van der Waals surface area contributed by atoms with Crippen molar-refractivity contribution in [3.63, 3.8) is 0 Å². The lowest BCUT2D eigenvalue weighted by atomic mass is 10.0. The van der Waals surface area contributed by atoms with Crippen LogP contribution in [0.2, 0.25) is 0 Å². The number of carbonyl (C=O) groups is 1. The van der Waals surface area contributed by atoms with Crippen LogP contribution in [-0.2, 0) is 23.0 Å². The molecule has 0 radical (unpaired) electrons. The number of aromatic nitrogens is 1. The summed E-state index contributed by atoms with van der Waals surface area (Å²) in [4.78, 5) is 20.9. The van der Waals surface area contributed by atoms with Gasteiger partial charge < -0.3 is 25.1 Å². The maximum absolute atomic E-state index is 11.8. The van der Waals surface area contributed by atoms with Gasteiger partial charge in [-0.25, -0.2) is 4.79 Å². The monoisotopic (exact) mass is 337 g/mol. The molecular weight excluding hydrogens is 324 g/mol. The number of benzene rings is 1. The van der Waals surface area contributed by atoms with Crippen LogP contribution < -0.4 is 11.2 Å². The minimum Gasteiger partial charge on any atom is -0.770 e. The minimum atomic E-state index is -2.92. The smallest absolute Gasteiger partial charge is 0.356 e. The second kappa shape index (κ2) is 5.95. The lowest BCUT2D eigenvalue weighted by Gasteiger charge is -2.34. The number of nitrogens with two attached hydrogens (primary N) is 1. The van der Waals surface area contributed by atoms with Gasteiger partial charge in [0, 0.05) is 13.1 Å². The fraction of sp³-hybridized carbons (Fsp3) is 0.143. The van der Waals surface area contributed by atoms with Crippen molar-refractivity contribution in [3.05, 3.63) is 63.6 Å². The summed E-state index contributed by atoms with van der Waals surface area (Å²) in [5.74, 6) is -2.58. The highest BCUT2D eigenvalue weighted by Crippen LogP contribution is 2.30. The van der Waals surface area contributed by atoms with Gasteiger partial charge in [-0.1, -0.05) is 30.3 Å². The van der Waals surface area contributed by atoms with E-state index in [1.54, 1.807) is 18.2 Å². The van der Waals surface area contributed by atoms with Crippen molar-refractivity contribution in [1.29, 1.82) is 0 Å². The summed E-state index contributed by atoms with van der Waals surface area (Å²) in [7, 11) is 1.20. The molecule has 0 aliphatic rings. The van der Waals surface area contributed by atoms with Gasteiger partial charge in [-0.15, -0.1) is 0 Å². The van der Waals surface area contributed by atoms with Gasteiger partial charge in [0.05, 0.1) is 5.69 Å². The summed E-state index contributed by atoms with van der Waals surface area (Å²) >= 11 is -2.92. The number of pyridine rings is 1. The van der Waals surface area contributed by atoms with Gasteiger partial charge in [0.2, 0.25) is 5.43 Å². The summed E-state index contributed by atoms with van der Waals surface area (Å²) < 4.78 is 24.5. The fourth-order valence-electron chi connectivity index (χ4n) is 2.30. The topological polar surface area (TPSA) is 146 Å². The number of nitrogens with zero attached hydrogens (tertiary/aromatic N) is 1. The molecule has 1 aromatic carbocycles. The molecule has 122 valence electrons. The van der Waals surface area contributed by atoms with Crippen molar-refractivity contribution in [2.24, 2.45) is 12.8 Å². The van der Waals surface area contributed by atoms with Gasteiger partial charge >= 0.3 is 5.97 Å². The number of hydrogen-bond acceptors (Lipinski definition) is 6. The zero-order chi connectivity index (χ0) is 17.4. The predicted molar refractivity (Wildman–Crippen MR) is 80.6 cm³/mol. The molecule has 0 bridgehead atoms. The van der Waals surface area contributed by atoms with Gasteiger partial charge in [0.1, 0.15) is 4.87 Å². The lowest BCUT2D eigenvalue weighted by molar-refractivity contribution is 0.0680. The molecule has 0 amide bonds. The van der Waals surface area contributed by atoms with Crippen molar-refractivity contribution in [2.75, 3.05) is 0 Å². The molecule has 2 unspecified atom stereocenters. The van der Waals surface area contributed by atoms with E-state index in [2.05, 4.69) is 0 Å². The van der Waals surface area contributed by atoms with Gasteiger partial charge in [-0.3, -0.25) is 9.00 Å². The highest BCUT2D eigenvalue weighted by atomic mass is 32.2. The van der Waals surface area contributed by atoms with Crippen LogP contribution in [0.25, 0.3) is 0 Å². The second-order valence-corrected chi connectivity index (χ2v) is 5.90. The van der Waals surface area contributed by atoms with Crippen LogP contribution in [0, 0.1) is 0 Å². The maximum Gasteiger partial charge on any atom is 0.356 e. The van der Waals surface area contributed by atoms with Crippen LogP contribution in [0.1, 0.15) is 21.7 Å². The van der Waals surface area contributed by atoms with Crippen molar-refractivity contribution < 1.29 is 23.8 Å². The van der Waals surface area contributed by atoms with E-state index in [9.17, 15) is 23.5 Å². The first-order valence-corrected chi connectivity index (χ1v) is 7.39. The fourth-order valence-corrected chi connectivity index (χ4v) is 3.00. The molecule has 0 aliphatic heterocycles. The molecule has 0 fully saturated rings. The van der Waals surface area contributed by atoms with E-state index in [1.807, 2.05) is 0 Å². The molecule has 1 aromatic heterocycles. The Morgan fingerprint density at radius 1 is 1.35 bits per heavy atom. The molecule has 2 aromatic rings. The molecule has 9 heteroatoms. The van der Waals surface area contributed by atoms with Crippen molar-refractivity contribution in [3.8, 4) is 5.75 Å². The molecule has 0 saturated heterocycles. The van der Waals surface area contributed by atoms with Crippen LogP contribution in [0.15, 0.2) is 41.2 Å². The average molecular weight is 337 g/mol. The van der Waals surface area contributed by atoms with Gasteiger partial charge in [0.15, 0.2) is 11.4 Å². The molecule has 0 aliphatic carbocycles. The lowest BCUT2D eigenvalue weighted by Crippen LogP contribution is -2.45. The summed E-state index contributed by atoms with van der Waals surface area (Å²) in [5.41, 5.74) is 4.11. The second-order valence-electron chi connectivity index (χ2n) is 4.79. The Bertz CT molecular complexity index is 848. The minimum absolute atomic E-state index is 0.144. The first-order chi connectivity index (χ1) is 10.7. The molecule has 23 heavy (non-hydrogen) atoms. The summed E-state index contributed by atoms with van der Waals surface area (Å²) in [5, 5.41) is 18.8. The van der Waals surface area contributed by atoms with Gasteiger partial charge in [-0.2, -0.15) is 0 Å². The highest BCUT2D eigenvalue weighted by molar-refractivity contribution is 7.80. The highest BCUT2D eigenvalue weighted by Gasteiger charge is 2.36. The third-order valence-corrected chi connectivity index (χ3v) is 4.44. The van der Waals surface area contributed by atoms with E-state index in [-0.39, 0.29) is 11.3 Å². The Morgan fingerprint density at radius 3 is 2.39 bits per heavy atom. The molecular formula is C14H13N2O6S-. The van der Waals surface area contributed by atoms with Gasteiger partial charge in [-0.05, 0) is 16.6 Å². The molecule has 0 spiro atoms. The van der Waals surface area contributed by atoms with Crippen LogP contribution in [0.4, 0.5) is 0 Å². The summed E-state index contributed by atoms with van der Waals surface area (Å²) in [6.07, 6.45) is 0. The first kappa shape index (κ1) is 16.9. The Kier molecular flexibility index (Phi) is 4.37. The number of hydrogen-bond donors (Lipinski definition) is 3. The Hall–Kier alpha value is -2.49. The zero-order valence-corrected chi connectivity index (χ0v) is 12.7.